The molecule has 2 N–H and O–H groups in total. The molecular formula is C13H17NO5. The zero-order valence-corrected chi connectivity index (χ0v) is 11.1. The molecule has 0 fully saturated rings. The molecule has 0 aromatic heterocycles. The maximum absolute atomic E-state index is 12.1. The van der Waals surface area contributed by atoms with Crippen LogP contribution in [0.25, 0.3) is 0 Å². The van der Waals surface area contributed by atoms with Crippen LogP contribution in [0.2, 0.25) is 0 Å². The van der Waals surface area contributed by atoms with Crippen molar-refractivity contribution < 1.29 is 24.2 Å². The van der Waals surface area contributed by atoms with E-state index >= 15 is 0 Å². The van der Waals surface area contributed by atoms with Gasteiger partial charge in [0.05, 0.1) is 26.8 Å². The zero-order valence-electron chi connectivity index (χ0n) is 11.1. The number of nitrogens with one attached hydrogen (secondary N) is 1. The van der Waals surface area contributed by atoms with Crippen molar-refractivity contribution in [1.82, 2.24) is 5.32 Å². The van der Waals surface area contributed by atoms with Crippen LogP contribution in [0, 0.1) is 0 Å². The number of ketones is 1. The summed E-state index contributed by atoms with van der Waals surface area (Å²) >= 11 is 0. The van der Waals surface area contributed by atoms with E-state index in [9.17, 15) is 9.59 Å². The highest BCUT2D eigenvalue weighted by Gasteiger charge is 2.17. The Bertz CT molecular complexity index is 472. The van der Waals surface area contributed by atoms with Gasteiger partial charge in [-0.3, -0.25) is 14.9 Å². The minimum absolute atomic E-state index is 0.206. The third-order valence-electron chi connectivity index (χ3n) is 2.62. The minimum atomic E-state index is -1.01. The first kappa shape index (κ1) is 15.0. The Balaban J connectivity index is 2.84. The molecule has 1 atom stereocenters. The van der Waals surface area contributed by atoms with Gasteiger partial charge in [-0.2, -0.15) is 0 Å². The second-order valence-electron chi connectivity index (χ2n) is 3.93. The van der Waals surface area contributed by atoms with Gasteiger partial charge >= 0.3 is 5.97 Å². The van der Waals surface area contributed by atoms with Crippen LogP contribution in [-0.4, -0.2) is 43.7 Å². The summed E-state index contributed by atoms with van der Waals surface area (Å²) in [7, 11) is 2.99. The van der Waals surface area contributed by atoms with E-state index in [1.807, 2.05) is 0 Å². The minimum Gasteiger partial charge on any atom is -0.493 e. The summed E-state index contributed by atoms with van der Waals surface area (Å²) in [4.78, 5) is 22.5. The molecule has 0 heterocycles. The Morgan fingerprint density at radius 2 is 1.89 bits per heavy atom. The average Bonchev–Trinajstić information content (AvgIpc) is 2.42. The van der Waals surface area contributed by atoms with Crippen molar-refractivity contribution in [3.05, 3.63) is 23.8 Å². The van der Waals surface area contributed by atoms with E-state index in [1.54, 1.807) is 25.1 Å². The van der Waals surface area contributed by atoms with Gasteiger partial charge in [0.25, 0.3) is 0 Å². The van der Waals surface area contributed by atoms with Crippen molar-refractivity contribution in [1.29, 1.82) is 0 Å². The summed E-state index contributed by atoms with van der Waals surface area (Å²) in [6.07, 6.45) is 0. The SMILES string of the molecule is COc1ccc(C(=O)C(C)NCC(=O)O)cc1OC. The standard InChI is InChI=1S/C13H17NO5/c1-8(14-7-12(15)16)13(17)9-4-5-10(18-2)11(6-9)19-3/h4-6,8,14H,7H2,1-3H3,(H,15,16). The first-order valence-corrected chi connectivity index (χ1v) is 5.71. The van der Waals surface area contributed by atoms with E-state index in [0.717, 1.165) is 0 Å². The number of methoxy groups -OCH3 is 2. The van der Waals surface area contributed by atoms with Gasteiger partial charge in [0, 0.05) is 5.56 Å². The van der Waals surface area contributed by atoms with Crippen LogP contribution in [0.1, 0.15) is 17.3 Å². The Hall–Kier alpha value is -2.08. The van der Waals surface area contributed by atoms with Crippen molar-refractivity contribution in [3.8, 4) is 11.5 Å². The predicted molar refractivity (Wildman–Crippen MR) is 69.0 cm³/mol. The largest absolute Gasteiger partial charge is 0.493 e. The summed E-state index contributed by atoms with van der Waals surface area (Å²) in [6.45, 7) is 1.35. The van der Waals surface area contributed by atoms with Crippen LogP contribution >= 0.6 is 0 Å². The van der Waals surface area contributed by atoms with Crippen molar-refractivity contribution in [2.45, 2.75) is 13.0 Å². The van der Waals surface area contributed by atoms with Gasteiger partial charge in [-0.25, -0.2) is 0 Å². The molecule has 0 aliphatic heterocycles. The summed E-state index contributed by atoms with van der Waals surface area (Å²) in [5, 5.41) is 11.2. The van der Waals surface area contributed by atoms with E-state index in [2.05, 4.69) is 5.32 Å². The Kier molecular flexibility index (Phi) is 5.32. The molecular weight excluding hydrogens is 250 g/mol. The van der Waals surface area contributed by atoms with Gasteiger partial charge < -0.3 is 14.6 Å². The highest BCUT2D eigenvalue weighted by atomic mass is 16.5. The number of rotatable bonds is 7. The Morgan fingerprint density at radius 1 is 1.26 bits per heavy atom. The fourth-order valence-corrected chi connectivity index (χ4v) is 1.57. The third-order valence-corrected chi connectivity index (χ3v) is 2.62. The topological polar surface area (TPSA) is 84.9 Å². The molecule has 6 nitrogen and oxygen atoms in total. The van der Waals surface area contributed by atoms with E-state index in [0.29, 0.717) is 17.1 Å². The summed E-state index contributed by atoms with van der Waals surface area (Å²) in [5.41, 5.74) is 0.433. The van der Waals surface area contributed by atoms with Crippen molar-refractivity contribution in [2.24, 2.45) is 0 Å². The number of benzene rings is 1. The molecule has 0 spiro atoms. The maximum atomic E-state index is 12.1. The first-order chi connectivity index (χ1) is 8.99. The monoisotopic (exact) mass is 267 g/mol. The third kappa shape index (κ3) is 3.96. The lowest BCUT2D eigenvalue weighted by Crippen LogP contribution is -2.37. The lowest BCUT2D eigenvalue weighted by molar-refractivity contribution is -0.136. The van der Waals surface area contributed by atoms with E-state index in [-0.39, 0.29) is 12.3 Å². The molecule has 19 heavy (non-hydrogen) atoms. The van der Waals surface area contributed by atoms with Crippen molar-refractivity contribution in [3.63, 3.8) is 0 Å². The fourth-order valence-electron chi connectivity index (χ4n) is 1.57. The Morgan fingerprint density at radius 3 is 2.42 bits per heavy atom. The molecule has 0 bridgehead atoms. The molecule has 1 aromatic rings. The Labute approximate surface area is 111 Å². The summed E-state index contributed by atoms with van der Waals surface area (Å²) < 4.78 is 10.2. The highest BCUT2D eigenvalue weighted by molar-refractivity contribution is 6.00. The van der Waals surface area contributed by atoms with Gasteiger partial charge in [0.1, 0.15) is 0 Å². The number of hydrogen-bond donors (Lipinski definition) is 2. The van der Waals surface area contributed by atoms with Crippen LogP contribution in [0.5, 0.6) is 11.5 Å². The molecule has 1 aromatic carbocycles. The number of ether oxygens (including phenoxy) is 2. The number of aliphatic carboxylic acids is 1. The number of hydrogen-bond acceptors (Lipinski definition) is 5. The van der Waals surface area contributed by atoms with E-state index < -0.39 is 12.0 Å². The van der Waals surface area contributed by atoms with Crippen LogP contribution < -0.4 is 14.8 Å². The number of carbonyl (C=O) groups is 2. The molecule has 1 rings (SSSR count). The van der Waals surface area contributed by atoms with Crippen LogP contribution in [0.4, 0.5) is 0 Å². The lowest BCUT2D eigenvalue weighted by atomic mass is 10.0. The van der Waals surface area contributed by atoms with Crippen molar-refractivity contribution in [2.75, 3.05) is 20.8 Å². The molecule has 0 radical (unpaired) electrons. The maximum Gasteiger partial charge on any atom is 0.317 e. The van der Waals surface area contributed by atoms with E-state index in [1.165, 1.54) is 14.2 Å². The smallest absolute Gasteiger partial charge is 0.317 e. The normalized spacial score (nSPS) is 11.7. The molecule has 0 saturated carbocycles. The average molecular weight is 267 g/mol. The zero-order chi connectivity index (χ0) is 14.4. The van der Waals surface area contributed by atoms with Gasteiger partial charge in [-0.15, -0.1) is 0 Å². The number of carboxylic acid groups (broad SMARTS) is 1. The molecule has 104 valence electrons. The molecule has 1 unspecified atom stereocenters. The van der Waals surface area contributed by atoms with Crippen molar-refractivity contribution >= 4 is 11.8 Å². The van der Waals surface area contributed by atoms with Gasteiger partial charge in [0.2, 0.25) is 0 Å². The number of carboxylic acids is 1. The number of Topliss-reactive ketones (excluding diaryl/α,β-unsaturated/α-hetero) is 1. The molecule has 0 saturated heterocycles. The lowest BCUT2D eigenvalue weighted by Gasteiger charge is -2.13. The van der Waals surface area contributed by atoms with Gasteiger partial charge in [0.15, 0.2) is 17.3 Å². The summed E-state index contributed by atoms with van der Waals surface area (Å²) in [5.74, 6) is -0.224. The second-order valence-corrected chi connectivity index (χ2v) is 3.93. The van der Waals surface area contributed by atoms with Crippen LogP contribution in [-0.2, 0) is 4.79 Å². The van der Waals surface area contributed by atoms with Crippen LogP contribution in [0.3, 0.4) is 0 Å². The summed E-state index contributed by atoms with van der Waals surface area (Å²) in [6, 6.07) is 4.23. The number of carbonyl (C=O) groups excluding carboxylic acids is 1. The molecule has 0 aliphatic rings. The van der Waals surface area contributed by atoms with Gasteiger partial charge in [-0.05, 0) is 25.1 Å². The molecule has 6 heteroatoms. The molecule has 0 amide bonds. The predicted octanol–water partition coefficient (Wildman–Crippen LogP) is 0.949. The van der Waals surface area contributed by atoms with E-state index in [4.69, 9.17) is 14.6 Å². The molecule has 0 aliphatic carbocycles. The fraction of sp³-hybridized carbons (Fsp3) is 0.385. The van der Waals surface area contributed by atoms with Gasteiger partial charge in [-0.1, -0.05) is 0 Å². The first-order valence-electron chi connectivity index (χ1n) is 5.71. The highest BCUT2D eigenvalue weighted by Crippen LogP contribution is 2.27. The quantitative estimate of drug-likeness (QED) is 0.715. The van der Waals surface area contributed by atoms with Crippen LogP contribution in [0.15, 0.2) is 18.2 Å². The second kappa shape index (κ2) is 6.75.